The van der Waals surface area contributed by atoms with E-state index in [4.69, 9.17) is 36.2 Å². The summed E-state index contributed by atoms with van der Waals surface area (Å²) < 4.78 is 39.6. The van der Waals surface area contributed by atoms with Crippen LogP contribution in [0.15, 0.2) is 0 Å². The zero-order chi connectivity index (χ0) is 27.8. The van der Waals surface area contributed by atoms with Crippen LogP contribution in [0.3, 0.4) is 0 Å². The van der Waals surface area contributed by atoms with Gasteiger partial charge in [0, 0.05) is 64.8 Å². The molecule has 0 radical (unpaired) electrons. The third-order valence-corrected chi connectivity index (χ3v) is 10.9. The molecule has 0 heterocycles. The molecule has 0 atom stereocenters. The molecule has 0 aliphatic rings. The van der Waals surface area contributed by atoms with Gasteiger partial charge in [0.2, 0.25) is 0 Å². The Bertz CT molecular complexity index is 509. The van der Waals surface area contributed by atoms with Crippen molar-refractivity contribution in [3.05, 3.63) is 0 Å². The minimum absolute atomic E-state index is 0.0835. The molecule has 2 amide bonds. The molecule has 15 heteroatoms. The van der Waals surface area contributed by atoms with Gasteiger partial charge < -0.3 is 41.9 Å². The average Bonchev–Trinajstić information content (AvgIpc) is 2.85. The van der Waals surface area contributed by atoms with E-state index in [0.29, 0.717) is 77.7 Å². The Hall–Kier alpha value is -1.31. The van der Waals surface area contributed by atoms with Gasteiger partial charge in [0.15, 0.2) is 0 Å². The van der Waals surface area contributed by atoms with Crippen molar-refractivity contribution in [2.75, 3.05) is 65.9 Å². The lowest BCUT2D eigenvalue weighted by molar-refractivity contribution is -0.242. The summed E-state index contributed by atoms with van der Waals surface area (Å²) in [4.78, 5) is 33.0. The van der Waals surface area contributed by atoms with Crippen molar-refractivity contribution >= 4 is 29.8 Å². The van der Waals surface area contributed by atoms with E-state index in [1.807, 2.05) is 41.5 Å². The van der Waals surface area contributed by atoms with Crippen LogP contribution in [0.2, 0.25) is 12.1 Å². The maximum Gasteiger partial charge on any atom is 0.500 e. The molecular formula is C22H48N2O11Si2. The summed E-state index contributed by atoms with van der Waals surface area (Å²) in [6.45, 7) is 14.9. The van der Waals surface area contributed by atoms with Crippen molar-refractivity contribution in [2.24, 2.45) is 0 Å². The van der Waals surface area contributed by atoms with Crippen LogP contribution in [-0.2, 0) is 41.1 Å². The molecule has 0 spiro atoms. The third-order valence-electron chi connectivity index (χ3n) is 4.58. The van der Waals surface area contributed by atoms with Crippen LogP contribution in [0.1, 0.15) is 54.4 Å². The number of hydrogen-bond donors (Lipinski definition) is 2. The van der Waals surface area contributed by atoms with E-state index in [9.17, 15) is 9.59 Å². The second kappa shape index (κ2) is 22.7. The fourth-order valence-electron chi connectivity index (χ4n) is 3.34. The summed E-state index contributed by atoms with van der Waals surface area (Å²) >= 11 is 0. The summed E-state index contributed by atoms with van der Waals surface area (Å²) in [7, 11) is -5.47. The van der Waals surface area contributed by atoms with Crippen LogP contribution >= 0.6 is 0 Å². The predicted octanol–water partition coefficient (Wildman–Crippen LogP) is 3.25. The molecule has 0 aliphatic heterocycles. The Morgan fingerprint density at radius 3 is 1.32 bits per heavy atom. The van der Waals surface area contributed by atoms with Gasteiger partial charge in [0.25, 0.3) is 0 Å². The summed E-state index contributed by atoms with van der Waals surface area (Å²) in [6, 6.07) is 1.15. The lowest BCUT2D eigenvalue weighted by atomic mass is 10.5. The lowest BCUT2D eigenvalue weighted by Gasteiger charge is -2.28. The molecule has 0 rings (SSSR count). The van der Waals surface area contributed by atoms with Crippen molar-refractivity contribution in [2.45, 2.75) is 66.5 Å². The molecule has 0 saturated heterocycles. The normalized spacial score (nSPS) is 11.8. The van der Waals surface area contributed by atoms with E-state index < -0.39 is 29.8 Å². The Kier molecular flexibility index (Phi) is 21.9. The van der Waals surface area contributed by atoms with E-state index in [0.717, 1.165) is 0 Å². The Morgan fingerprint density at radius 2 is 0.946 bits per heavy atom. The Morgan fingerprint density at radius 1 is 0.568 bits per heavy atom. The van der Waals surface area contributed by atoms with E-state index in [2.05, 4.69) is 15.5 Å². The maximum atomic E-state index is 11.8. The highest BCUT2D eigenvalue weighted by atomic mass is 28.4. The number of rotatable bonds is 24. The zero-order valence-corrected chi connectivity index (χ0v) is 25.4. The second-order valence-corrected chi connectivity index (χ2v) is 12.8. The third kappa shape index (κ3) is 17.0. The van der Waals surface area contributed by atoms with Crippen molar-refractivity contribution in [3.8, 4) is 0 Å². The molecular weight excluding hydrogens is 524 g/mol. The molecule has 0 bridgehead atoms. The van der Waals surface area contributed by atoms with Crippen LogP contribution in [-0.4, -0.2) is 95.7 Å². The summed E-state index contributed by atoms with van der Waals surface area (Å²) in [5, 5.41) is 5.22. The highest BCUT2D eigenvalue weighted by Gasteiger charge is 2.40. The predicted molar refractivity (Wildman–Crippen MR) is 140 cm³/mol. The summed E-state index contributed by atoms with van der Waals surface area (Å²) in [5.74, 6) is 0. The van der Waals surface area contributed by atoms with E-state index in [1.54, 1.807) is 0 Å². The largest absolute Gasteiger partial charge is 0.500 e. The number of carbonyl (C=O) groups is 2. The fraction of sp³-hybridized carbons (Fsp3) is 0.909. The lowest BCUT2D eigenvalue weighted by Crippen LogP contribution is -2.46. The van der Waals surface area contributed by atoms with Crippen molar-refractivity contribution in [1.29, 1.82) is 0 Å². The first-order valence-corrected chi connectivity index (χ1v) is 17.0. The molecule has 37 heavy (non-hydrogen) atoms. The van der Waals surface area contributed by atoms with Gasteiger partial charge in [-0.1, -0.05) is 0 Å². The van der Waals surface area contributed by atoms with Crippen molar-refractivity contribution < 1.29 is 50.7 Å². The molecule has 0 saturated carbocycles. The molecule has 0 aromatic rings. The van der Waals surface area contributed by atoms with E-state index >= 15 is 0 Å². The van der Waals surface area contributed by atoms with Gasteiger partial charge in [-0.25, -0.2) is 9.59 Å². The van der Waals surface area contributed by atoms with Gasteiger partial charge in [-0.15, -0.1) is 0 Å². The van der Waals surface area contributed by atoms with Gasteiger partial charge >= 0.3 is 29.8 Å². The van der Waals surface area contributed by atoms with E-state index in [-0.39, 0.29) is 13.2 Å². The first kappa shape index (κ1) is 35.7. The van der Waals surface area contributed by atoms with Gasteiger partial charge in [-0.2, -0.15) is 4.89 Å². The fourth-order valence-corrected chi connectivity index (χ4v) is 8.56. The zero-order valence-electron chi connectivity index (χ0n) is 23.4. The minimum atomic E-state index is -2.74. The van der Waals surface area contributed by atoms with Crippen LogP contribution in [0.4, 0.5) is 9.59 Å². The maximum absolute atomic E-state index is 11.8. The number of carbonyl (C=O) groups excluding carboxylic acids is 2. The molecule has 13 nitrogen and oxygen atoms in total. The molecule has 2 N–H and O–H groups in total. The molecule has 0 aromatic carbocycles. The number of nitrogens with one attached hydrogen (secondary N) is 2. The molecule has 0 unspecified atom stereocenters. The van der Waals surface area contributed by atoms with E-state index in [1.165, 1.54) is 0 Å². The molecule has 220 valence electrons. The van der Waals surface area contributed by atoms with Crippen LogP contribution in [0.25, 0.3) is 0 Å². The van der Waals surface area contributed by atoms with Gasteiger partial charge in [0.05, 0.1) is 0 Å². The SMILES string of the molecule is CCO[Si](CCCNC(=O)OCCOOC(=O)NCCC[Si](OCC)(OCC)OCC)(OCC)OCC. The average molecular weight is 573 g/mol. The minimum Gasteiger partial charge on any atom is -0.447 e. The second-order valence-electron chi connectivity index (χ2n) is 7.35. The first-order valence-electron chi connectivity index (χ1n) is 13.2. The number of hydrogen-bond acceptors (Lipinski definition) is 11. The standard InChI is InChI=1S/C22H48N2O11Si2/c1-7-29-36(30-8-2,31-9-3)19-13-15-23-21(25)27-17-18-28-35-22(26)24-16-14-20-37(32-10-4,33-11-5)34-12-6/h7-20H2,1-6H3,(H,23,25)(H,24,26). The van der Waals surface area contributed by atoms with Gasteiger partial charge in [-0.3, -0.25) is 4.89 Å². The quantitative estimate of drug-likeness (QED) is 0.0762. The monoisotopic (exact) mass is 572 g/mol. The topological polar surface area (TPSA) is 141 Å². The van der Waals surface area contributed by atoms with Gasteiger partial charge in [0.1, 0.15) is 13.2 Å². The highest BCUT2D eigenvalue weighted by Crippen LogP contribution is 2.18. The molecule has 0 aliphatic carbocycles. The van der Waals surface area contributed by atoms with Crippen LogP contribution < -0.4 is 10.6 Å². The summed E-state index contributed by atoms with van der Waals surface area (Å²) in [6.07, 6.45) is -0.139. The number of amides is 2. The van der Waals surface area contributed by atoms with Crippen molar-refractivity contribution in [1.82, 2.24) is 10.6 Å². The van der Waals surface area contributed by atoms with Crippen molar-refractivity contribution in [3.63, 3.8) is 0 Å². The smallest absolute Gasteiger partial charge is 0.447 e. The molecule has 0 fully saturated rings. The number of alkyl carbamates (subject to hydrolysis) is 1. The Balaban J connectivity index is 4.01. The van der Waals surface area contributed by atoms with Crippen LogP contribution in [0, 0.1) is 0 Å². The molecule has 0 aromatic heterocycles. The Labute approximate surface area is 223 Å². The van der Waals surface area contributed by atoms with Crippen LogP contribution in [0.5, 0.6) is 0 Å². The first-order chi connectivity index (χ1) is 17.9. The summed E-state index contributed by atoms with van der Waals surface area (Å²) in [5.41, 5.74) is 0. The number of ether oxygens (including phenoxy) is 1. The van der Waals surface area contributed by atoms with Gasteiger partial charge in [-0.05, 0) is 54.4 Å². The highest BCUT2D eigenvalue weighted by molar-refractivity contribution is 6.61.